The largest absolute Gasteiger partial charge is 0.341 e. The summed E-state index contributed by atoms with van der Waals surface area (Å²) in [5.74, 6) is 2.30. The zero-order chi connectivity index (χ0) is 8.10. The van der Waals surface area contributed by atoms with Crippen LogP contribution in [0.2, 0.25) is 0 Å². The Kier molecular flexibility index (Phi) is 3.56. The van der Waals surface area contributed by atoms with E-state index in [0.29, 0.717) is 6.04 Å². The van der Waals surface area contributed by atoms with Crippen LogP contribution in [0.15, 0.2) is 0 Å². The van der Waals surface area contributed by atoms with Gasteiger partial charge in [-0.05, 0) is 18.6 Å². The fourth-order valence-corrected chi connectivity index (χ4v) is 2.18. The second-order valence-electron chi connectivity index (χ2n) is 2.64. The number of amides is 2. The van der Waals surface area contributed by atoms with Crippen LogP contribution >= 0.6 is 11.8 Å². The summed E-state index contributed by atoms with van der Waals surface area (Å²) < 4.78 is 0. The number of carbonyl (C=O) groups excluding carboxylic acids is 1. The van der Waals surface area contributed by atoms with Gasteiger partial charge in [-0.25, -0.2) is 4.79 Å². The molecule has 1 unspecified atom stereocenters. The molecule has 1 fully saturated rings. The lowest BCUT2D eigenvalue weighted by atomic mass is 10.2. The third kappa shape index (κ3) is 3.01. The van der Waals surface area contributed by atoms with Crippen LogP contribution in [-0.4, -0.2) is 30.6 Å². The van der Waals surface area contributed by atoms with Gasteiger partial charge >= 0.3 is 6.03 Å². The molecule has 0 aliphatic carbocycles. The highest BCUT2D eigenvalue weighted by Crippen LogP contribution is 2.16. The van der Waals surface area contributed by atoms with Crippen LogP contribution in [0.1, 0.15) is 12.8 Å². The maximum Gasteiger partial charge on any atom is 0.314 e. The highest BCUT2D eigenvalue weighted by Gasteiger charge is 2.14. The van der Waals surface area contributed by atoms with Gasteiger partial charge in [0.1, 0.15) is 0 Å². The molecule has 4 heteroatoms. The Bertz CT molecular complexity index is 134. The van der Waals surface area contributed by atoms with Gasteiger partial charge < -0.3 is 10.6 Å². The zero-order valence-corrected chi connectivity index (χ0v) is 7.54. The van der Waals surface area contributed by atoms with E-state index in [1.807, 2.05) is 11.8 Å². The van der Waals surface area contributed by atoms with Crippen molar-refractivity contribution in [1.82, 2.24) is 10.6 Å². The molecule has 0 bridgehead atoms. The molecule has 0 radical (unpaired) electrons. The number of urea groups is 1. The summed E-state index contributed by atoms with van der Waals surface area (Å²) in [6, 6.07) is 0.325. The summed E-state index contributed by atoms with van der Waals surface area (Å²) in [4.78, 5) is 10.8. The second kappa shape index (κ2) is 4.49. The average Bonchev–Trinajstić information content (AvgIpc) is 2.06. The van der Waals surface area contributed by atoms with Crippen LogP contribution < -0.4 is 10.6 Å². The predicted octanol–water partition coefficient (Wildman–Crippen LogP) is 0.811. The highest BCUT2D eigenvalue weighted by atomic mass is 32.2. The van der Waals surface area contributed by atoms with E-state index in [4.69, 9.17) is 0 Å². The SMILES string of the molecule is CNC(=O)NC1CCCSC1. The molecule has 2 N–H and O–H groups in total. The molecule has 0 aromatic carbocycles. The first-order valence-corrected chi connectivity index (χ1v) is 5.04. The average molecular weight is 174 g/mol. The molecule has 0 aromatic rings. The fraction of sp³-hybridized carbons (Fsp3) is 0.857. The topological polar surface area (TPSA) is 41.1 Å². The van der Waals surface area contributed by atoms with Crippen molar-refractivity contribution in [2.24, 2.45) is 0 Å². The normalized spacial score (nSPS) is 24.3. The Morgan fingerprint density at radius 3 is 3.00 bits per heavy atom. The molecule has 1 aliphatic heterocycles. The second-order valence-corrected chi connectivity index (χ2v) is 3.79. The van der Waals surface area contributed by atoms with E-state index in [1.54, 1.807) is 7.05 Å². The van der Waals surface area contributed by atoms with Crippen LogP contribution in [0, 0.1) is 0 Å². The number of thioether (sulfide) groups is 1. The van der Waals surface area contributed by atoms with Crippen LogP contribution in [0.3, 0.4) is 0 Å². The standard InChI is InChI=1S/C7H14N2OS/c1-8-7(10)9-6-3-2-4-11-5-6/h6H,2-5H2,1H3,(H2,8,9,10). The smallest absolute Gasteiger partial charge is 0.314 e. The number of carbonyl (C=O) groups is 1. The molecule has 11 heavy (non-hydrogen) atoms. The van der Waals surface area contributed by atoms with Crippen molar-refractivity contribution in [1.29, 1.82) is 0 Å². The molecule has 0 aromatic heterocycles. The molecule has 1 saturated heterocycles. The van der Waals surface area contributed by atoms with Gasteiger partial charge in [-0.1, -0.05) is 0 Å². The van der Waals surface area contributed by atoms with E-state index < -0.39 is 0 Å². The van der Waals surface area contributed by atoms with Gasteiger partial charge in [0.2, 0.25) is 0 Å². The maximum atomic E-state index is 10.8. The molecule has 1 atom stereocenters. The lowest BCUT2D eigenvalue weighted by molar-refractivity contribution is 0.239. The number of nitrogens with one attached hydrogen (secondary N) is 2. The molecule has 0 spiro atoms. The predicted molar refractivity (Wildman–Crippen MR) is 47.9 cm³/mol. The maximum absolute atomic E-state index is 10.8. The first-order valence-electron chi connectivity index (χ1n) is 3.89. The van der Waals surface area contributed by atoms with E-state index in [1.165, 1.54) is 12.2 Å². The summed E-state index contributed by atoms with van der Waals surface area (Å²) in [5.41, 5.74) is 0. The molecule has 3 nitrogen and oxygen atoms in total. The lowest BCUT2D eigenvalue weighted by Crippen LogP contribution is -2.42. The molecular formula is C7H14N2OS. The first-order chi connectivity index (χ1) is 5.33. The molecule has 1 heterocycles. The number of rotatable bonds is 1. The van der Waals surface area contributed by atoms with Crippen molar-refractivity contribution in [3.8, 4) is 0 Å². The van der Waals surface area contributed by atoms with Gasteiger partial charge in [-0.2, -0.15) is 11.8 Å². The first kappa shape index (κ1) is 8.71. The van der Waals surface area contributed by atoms with Gasteiger partial charge in [0.15, 0.2) is 0 Å². The van der Waals surface area contributed by atoms with Crippen molar-refractivity contribution >= 4 is 17.8 Å². The Balaban J connectivity index is 2.19. The summed E-state index contributed by atoms with van der Waals surface area (Å²) in [5, 5.41) is 5.45. The van der Waals surface area contributed by atoms with Gasteiger partial charge in [-0.3, -0.25) is 0 Å². The van der Waals surface area contributed by atoms with Gasteiger partial charge in [0.25, 0.3) is 0 Å². The Hall–Kier alpha value is -0.380. The van der Waals surface area contributed by atoms with E-state index >= 15 is 0 Å². The molecule has 0 saturated carbocycles. The Morgan fingerprint density at radius 1 is 1.64 bits per heavy atom. The zero-order valence-electron chi connectivity index (χ0n) is 6.72. The van der Waals surface area contributed by atoms with Crippen LogP contribution in [0.5, 0.6) is 0 Å². The third-order valence-electron chi connectivity index (χ3n) is 1.72. The van der Waals surface area contributed by atoms with Crippen molar-refractivity contribution < 1.29 is 4.79 Å². The van der Waals surface area contributed by atoms with Crippen molar-refractivity contribution in [2.45, 2.75) is 18.9 Å². The minimum absolute atomic E-state index is 0.0579. The van der Waals surface area contributed by atoms with E-state index in [0.717, 1.165) is 12.2 Å². The minimum atomic E-state index is -0.0579. The van der Waals surface area contributed by atoms with E-state index in [9.17, 15) is 4.79 Å². The van der Waals surface area contributed by atoms with E-state index in [-0.39, 0.29) is 6.03 Å². The van der Waals surface area contributed by atoms with Crippen LogP contribution in [-0.2, 0) is 0 Å². The Labute approximate surface area is 71.3 Å². The third-order valence-corrected chi connectivity index (χ3v) is 2.94. The van der Waals surface area contributed by atoms with E-state index in [2.05, 4.69) is 10.6 Å². The summed E-state index contributed by atoms with van der Waals surface area (Å²) >= 11 is 1.91. The monoisotopic (exact) mass is 174 g/mol. The minimum Gasteiger partial charge on any atom is -0.341 e. The molecular weight excluding hydrogens is 160 g/mol. The van der Waals surface area contributed by atoms with Gasteiger partial charge in [-0.15, -0.1) is 0 Å². The van der Waals surface area contributed by atoms with Gasteiger partial charge in [0, 0.05) is 18.8 Å². The van der Waals surface area contributed by atoms with Crippen molar-refractivity contribution in [3.63, 3.8) is 0 Å². The van der Waals surface area contributed by atoms with Gasteiger partial charge in [0.05, 0.1) is 0 Å². The molecule has 1 aliphatic rings. The van der Waals surface area contributed by atoms with Crippen LogP contribution in [0.25, 0.3) is 0 Å². The highest BCUT2D eigenvalue weighted by molar-refractivity contribution is 7.99. The van der Waals surface area contributed by atoms with Crippen LogP contribution in [0.4, 0.5) is 4.79 Å². The summed E-state index contributed by atoms with van der Waals surface area (Å²) in [6.07, 6.45) is 2.35. The molecule has 1 rings (SSSR count). The van der Waals surface area contributed by atoms with Crippen molar-refractivity contribution in [3.05, 3.63) is 0 Å². The summed E-state index contributed by atoms with van der Waals surface area (Å²) in [7, 11) is 1.64. The molecule has 64 valence electrons. The Morgan fingerprint density at radius 2 is 2.45 bits per heavy atom. The number of hydrogen-bond acceptors (Lipinski definition) is 2. The van der Waals surface area contributed by atoms with Crippen molar-refractivity contribution in [2.75, 3.05) is 18.6 Å². The number of hydrogen-bond donors (Lipinski definition) is 2. The lowest BCUT2D eigenvalue weighted by Gasteiger charge is -2.21. The molecule has 2 amide bonds. The summed E-state index contributed by atoms with van der Waals surface area (Å²) in [6.45, 7) is 0. The quantitative estimate of drug-likeness (QED) is 0.617. The fourth-order valence-electron chi connectivity index (χ4n) is 1.11.